The van der Waals surface area contributed by atoms with E-state index in [-0.39, 0.29) is 0 Å². The van der Waals surface area contributed by atoms with Crippen molar-refractivity contribution in [3.05, 3.63) is 127 Å². The molecule has 158 valence electrons. The highest BCUT2D eigenvalue weighted by molar-refractivity contribution is 6.58. The van der Waals surface area contributed by atoms with Gasteiger partial charge in [0.05, 0.1) is 0 Å². The number of hydrogen-bond acceptors (Lipinski definition) is 2. The molecule has 5 rings (SSSR count). The van der Waals surface area contributed by atoms with Crippen LogP contribution in [0.25, 0.3) is 44.5 Å². The molecular formula is C30H23BO2. The monoisotopic (exact) mass is 426 g/mol. The lowest BCUT2D eigenvalue weighted by atomic mass is 9.79. The summed E-state index contributed by atoms with van der Waals surface area (Å²) in [6, 6.07) is 43.3. The van der Waals surface area contributed by atoms with Gasteiger partial charge in [0, 0.05) is 0 Å². The number of rotatable bonds is 5. The van der Waals surface area contributed by atoms with Crippen LogP contribution in [-0.2, 0) is 0 Å². The summed E-state index contributed by atoms with van der Waals surface area (Å²) in [4.78, 5) is 0. The van der Waals surface area contributed by atoms with E-state index in [4.69, 9.17) is 0 Å². The van der Waals surface area contributed by atoms with Crippen LogP contribution in [0.3, 0.4) is 0 Å². The predicted octanol–water partition coefficient (Wildman–Crippen LogP) is 6.03. The Morgan fingerprint density at radius 2 is 0.697 bits per heavy atom. The van der Waals surface area contributed by atoms with Gasteiger partial charge in [0.25, 0.3) is 0 Å². The molecule has 0 bridgehead atoms. The highest BCUT2D eigenvalue weighted by Gasteiger charge is 2.12. The van der Waals surface area contributed by atoms with Gasteiger partial charge in [0.2, 0.25) is 0 Å². The van der Waals surface area contributed by atoms with Crippen LogP contribution in [0.1, 0.15) is 0 Å². The van der Waals surface area contributed by atoms with Crippen molar-refractivity contribution < 1.29 is 10.0 Å². The Labute approximate surface area is 194 Å². The van der Waals surface area contributed by atoms with Crippen molar-refractivity contribution in [2.75, 3.05) is 0 Å². The first-order valence-electron chi connectivity index (χ1n) is 11.0. The Morgan fingerprint density at radius 1 is 0.333 bits per heavy atom. The average molecular weight is 426 g/mol. The van der Waals surface area contributed by atoms with Crippen molar-refractivity contribution in [2.24, 2.45) is 0 Å². The van der Waals surface area contributed by atoms with Crippen LogP contribution in [0.5, 0.6) is 0 Å². The number of benzene rings is 5. The first-order chi connectivity index (χ1) is 16.2. The van der Waals surface area contributed by atoms with E-state index in [2.05, 4.69) is 78.9 Å². The lowest BCUT2D eigenvalue weighted by Crippen LogP contribution is -2.29. The SMILES string of the molecule is OB(O)c1cccc(-c2cccc(-c3cc(-c4ccccc4)cc(-c4ccccc4)c3)c2)c1. The van der Waals surface area contributed by atoms with Crippen LogP contribution < -0.4 is 5.46 Å². The first kappa shape index (κ1) is 21.0. The zero-order valence-electron chi connectivity index (χ0n) is 18.1. The van der Waals surface area contributed by atoms with Crippen molar-refractivity contribution in [1.82, 2.24) is 0 Å². The Bertz CT molecular complexity index is 1320. The fraction of sp³-hybridized carbons (Fsp3) is 0. The van der Waals surface area contributed by atoms with Gasteiger partial charge in [0.15, 0.2) is 0 Å². The van der Waals surface area contributed by atoms with E-state index in [0.29, 0.717) is 5.46 Å². The van der Waals surface area contributed by atoms with Crippen molar-refractivity contribution in [3.8, 4) is 44.5 Å². The standard InChI is InChI=1S/C30H23BO2/c32-31(33)30-16-8-15-26(21-30)24-13-7-14-25(17-24)29-19-27(22-9-3-1-4-10-22)18-28(20-29)23-11-5-2-6-12-23/h1-21,32-33H. The molecule has 5 aromatic carbocycles. The topological polar surface area (TPSA) is 40.5 Å². The Kier molecular flexibility index (Phi) is 5.90. The lowest BCUT2D eigenvalue weighted by Gasteiger charge is -2.13. The molecule has 0 fully saturated rings. The highest BCUT2D eigenvalue weighted by Crippen LogP contribution is 2.34. The van der Waals surface area contributed by atoms with Crippen LogP contribution in [0.4, 0.5) is 0 Å². The van der Waals surface area contributed by atoms with Crippen LogP contribution in [0.2, 0.25) is 0 Å². The lowest BCUT2D eigenvalue weighted by molar-refractivity contribution is 0.426. The maximum atomic E-state index is 9.56. The summed E-state index contributed by atoms with van der Waals surface area (Å²) < 4.78 is 0. The van der Waals surface area contributed by atoms with Crippen LogP contribution in [0.15, 0.2) is 127 Å². The molecule has 0 spiro atoms. The summed E-state index contributed by atoms with van der Waals surface area (Å²) in [6.45, 7) is 0. The maximum absolute atomic E-state index is 9.56. The molecule has 0 aliphatic carbocycles. The predicted molar refractivity (Wildman–Crippen MR) is 138 cm³/mol. The first-order valence-corrected chi connectivity index (χ1v) is 11.0. The van der Waals surface area contributed by atoms with Gasteiger partial charge in [-0.15, -0.1) is 0 Å². The third kappa shape index (κ3) is 4.65. The maximum Gasteiger partial charge on any atom is 0.488 e. The van der Waals surface area contributed by atoms with Gasteiger partial charge in [-0.05, 0) is 74.2 Å². The molecule has 2 N–H and O–H groups in total. The summed E-state index contributed by atoms with van der Waals surface area (Å²) in [7, 11) is -1.48. The minimum absolute atomic E-state index is 0.482. The second-order valence-corrected chi connectivity index (χ2v) is 8.11. The zero-order valence-corrected chi connectivity index (χ0v) is 18.1. The molecular weight excluding hydrogens is 403 g/mol. The van der Waals surface area contributed by atoms with E-state index in [1.54, 1.807) is 6.07 Å². The largest absolute Gasteiger partial charge is 0.488 e. The van der Waals surface area contributed by atoms with Crippen molar-refractivity contribution in [1.29, 1.82) is 0 Å². The van der Waals surface area contributed by atoms with E-state index in [9.17, 15) is 10.0 Å². The molecule has 0 atom stereocenters. The molecule has 0 heterocycles. The Morgan fingerprint density at radius 3 is 1.21 bits per heavy atom. The summed E-state index contributed by atoms with van der Waals surface area (Å²) in [5, 5.41) is 19.1. The van der Waals surface area contributed by atoms with E-state index in [0.717, 1.165) is 22.3 Å². The van der Waals surface area contributed by atoms with E-state index in [1.807, 2.05) is 42.5 Å². The molecule has 0 aliphatic heterocycles. The van der Waals surface area contributed by atoms with E-state index < -0.39 is 7.12 Å². The molecule has 33 heavy (non-hydrogen) atoms. The zero-order chi connectivity index (χ0) is 22.6. The van der Waals surface area contributed by atoms with Crippen LogP contribution in [-0.4, -0.2) is 17.2 Å². The Balaban J connectivity index is 1.63. The molecule has 0 aliphatic rings. The quantitative estimate of drug-likeness (QED) is 0.337. The molecule has 0 saturated carbocycles. The number of hydrogen-bond donors (Lipinski definition) is 2. The van der Waals surface area contributed by atoms with E-state index in [1.165, 1.54) is 22.3 Å². The molecule has 5 aromatic rings. The van der Waals surface area contributed by atoms with Crippen LogP contribution >= 0.6 is 0 Å². The van der Waals surface area contributed by atoms with Crippen molar-refractivity contribution >= 4 is 12.6 Å². The second-order valence-electron chi connectivity index (χ2n) is 8.11. The van der Waals surface area contributed by atoms with E-state index >= 15 is 0 Å². The fourth-order valence-corrected chi connectivity index (χ4v) is 4.15. The van der Waals surface area contributed by atoms with Gasteiger partial charge in [-0.1, -0.05) is 103 Å². The molecule has 0 amide bonds. The van der Waals surface area contributed by atoms with Gasteiger partial charge in [-0.25, -0.2) is 0 Å². The van der Waals surface area contributed by atoms with Crippen molar-refractivity contribution in [3.63, 3.8) is 0 Å². The minimum Gasteiger partial charge on any atom is -0.423 e. The second kappa shape index (κ2) is 9.29. The highest BCUT2D eigenvalue weighted by atomic mass is 16.4. The molecule has 3 heteroatoms. The van der Waals surface area contributed by atoms with Crippen LogP contribution in [0, 0.1) is 0 Å². The van der Waals surface area contributed by atoms with Gasteiger partial charge in [-0.2, -0.15) is 0 Å². The third-order valence-corrected chi connectivity index (χ3v) is 5.86. The molecule has 0 unspecified atom stereocenters. The smallest absolute Gasteiger partial charge is 0.423 e. The van der Waals surface area contributed by atoms with Gasteiger partial charge < -0.3 is 10.0 Å². The average Bonchev–Trinajstić information content (AvgIpc) is 2.89. The summed E-state index contributed by atoms with van der Waals surface area (Å²) >= 11 is 0. The molecule has 2 nitrogen and oxygen atoms in total. The Hall–Kier alpha value is -3.92. The minimum atomic E-state index is -1.48. The summed E-state index contributed by atoms with van der Waals surface area (Å²) in [5.41, 5.74) is 9.40. The summed E-state index contributed by atoms with van der Waals surface area (Å²) in [5.74, 6) is 0. The fourth-order valence-electron chi connectivity index (χ4n) is 4.15. The van der Waals surface area contributed by atoms with Crippen molar-refractivity contribution in [2.45, 2.75) is 0 Å². The van der Waals surface area contributed by atoms with Gasteiger partial charge in [-0.3, -0.25) is 0 Å². The molecule has 0 saturated heterocycles. The molecule has 0 radical (unpaired) electrons. The summed E-state index contributed by atoms with van der Waals surface area (Å²) in [6.07, 6.45) is 0. The molecule has 0 aromatic heterocycles. The van der Waals surface area contributed by atoms with Gasteiger partial charge >= 0.3 is 7.12 Å². The third-order valence-electron chi connectivity index (χ3n) is 5.86. The normalized spacial score (nSPS) is 10.7. The van der Waals surface area contributed by atoms with Gasteiger partial charge in [0.1, 0.15) is 0 Å².